The van der Waals surface area contributed by atoms with Gasteiger partial charge in [0, 0.05) is 27.9 Å². The first-order valence-corrected chi connectivity index (χ1v) is 10.7. The van der Waals surface area contributed by atoms with E-state index >= 15 is 0 Å². The van der Waals surface area contributed by atoms with Crippen LogP contribution in [0, 0.1) is 5.92 Å². The number of carbonyl (C=O) groups is 3. The third kappa shape index (κ3) is 5.70. The monoisotopic (exact) mass is 464 g/mol. The molecule has 3 aromatic rings. The Hall–Kier alpha value is -3.84. The highest BCUT2D eigenvalue weighted by Gasteiger charge is 2.45. The number of halogens is 1. The summed E-state index contributed by atoms with van der Waals surface area (Å²) < 4.78 is 5.20. The number of hydrogen-bond donors (Lipinski definition) is 3. The Morgan fingerprint density at radius 2 is 1.70 bits per heavy atom. The van der Waals surface area contributed by atoms with Gasteiger partial charge in [0.1, 0.15) is 6.61 Å². The predicted octanol–water partition coefficient (Wildman–Crippen LogP) is 5.53. The molecular formula is C25H21ClN2O5. The minimum absolute atomic E-state index is 0.107. The van der Waals surface area contributed by atoms with E-state index in [1.165, 1.54) is 18.2 Å². The van der Waals surface area contributed by atoms with Crippen LogP contribution in [-0.4, -0.2) is 23.1 Å². The van der Waals surface area contributed by atoms with Gasteiger partial charge < -0.3 is 15.2 Å². The van der Waals surface area contributed by atoms with Crippen LogP contribution in [0.2, 0.25) is 5.02 Å². The number of rotatable bonds is 7. The molecule has 0 bridgehead atoms. The highest BCUT2D eigenvalue weighted by molar-refractivity contribution is 6.31. The van der Waals surface area contributed by atoms with Crippen molar-refractivity contribution in [1.29, 1.82) is 0 Å². The largest absolute Gasteiger partial charge is 0.481 e. The quantitative estimate of drug-likeness (QED) is 0.426. The molecule has 0 saturated heterocycles. The molecule has 0 aromatic heterocycles. The van der Waals surface area contributed by atoms with Crippen molar-refractivity contribution in [2.75, 3.05) is 10.6 Å². The standard InChI is InChI=1S/C25H21ClN2O5/c26-17-10-16(11-18(12-17)27-25(32)33-14-15-6-2-1-3-7-15)23(29)28-22-9-5-4-8-19(22)20-13-21(20)24(30)31/h1-12,20-21H,13-14H2,(H,27,32)(H,28,29)(H,30,31)/t20-,21+/m0/s1. The minimum Gasteiger partial charge on any atom is -0.481 e. The summed E-state index contributed by atoms with van der Waals surface area (Å²) in [5, 5.41) is 14.9. The van der Waals surface area contributed by atoms with Gasteiger partial charge in [-0.3, -0.25) is 14.9 Å². The Morgan fingerprint density at radius 1 is 0.970 bits per heavy atom. The minimum atomic E-state index is -0.842. The van der Waals surface area contributed by atoms with E-state index in [0.717, 1.165) is 11.1 Å². The maximum atomic E-state index is 12.9. The van der Waals surface area contributed by atoms with E-state index in [2.05, 4.69) is 10.6 Å². The van der Waals surface area contributed by atoms with E-state index in [1.54, 1.807) is 12.1 Å². The molecule has 3 N–H and O–H groups in total. The third-order valence-corrected chi connectivity index (χ3v) is 5.55. The van der Waals surface area contributed by atoms with Crippen molar-refractivity contribution in [3.8, 4) is 0 Å². The lowest BCUT2D eigenvalue weighted by atomic mass is 10.1. The first kappa shape index (κ1) is 22.4. The van der Waals surface area contributed by atoms with Gasteiger partial charge in [0.25, 0.3) is 5.91 Å². The number of carbonyl (C=O) groups excluding carboxylic acids is 2. The molecule has 8 heteroatoms. The lowest BCUT2D eigenvalue weighted by molar-refractivity contribution is -0.138. The number of anilines is 2. The van der Waals surface area contributed by atoms with Crippen LogP contribution in [0.4, 0.5) is 16.2 Å². The highest BCUT2D eigenvalue weighted by Crippen LogP contribution is 2.49. The van der Waals surface area contributed by atoms with Crippen LogP contribution >= 0.6 is 11.6 Å². The number of carboxylic acids is 1. The third-order valence-electron chi connectivity index (χ3n) is 5.34. The van der Waals surface area contributed by atoms with Crippen LogP contribution in [0.5, 0.6) is 0 Å². The number of aliphatic carboxylic acids is 1. The fourth-order valence-corrected chi connectivity index (χ4v) is 3.85. The SMILES string of the molecule is O=C(Nc1cc(Cl)cc(C(=O)Nc2ccccc2[C@@H]2C[C@H]2C(=O)O)c1)OCc1ccccc1. The lowest BCUT2D eigenvalue weighted by Crippen LogP contribution is -2.16. The average molecular weight is 465 g/mol. The van der Waals surface area contributed by atoms with Gasteiger partial charge in [-0.1, -0.05) is 60.1 Å². The van der Waals surface area contributed by atoms with Crippen molar-refractivity contribution in [1.82, 2.24) is 0 Å². The van der Waals surface area contributed by atoms with Crippen LogP contribution in [0.25, 0.3) is 0 Å². The Kier molecular flexibility index (Phi) is 6.60. The molecule has 1 aliphatic carbocycles. The number of ether oxygens (including phenoxy) is 1. The van der Waals surface area contributed by atoms with E-state index in [9.17, 15) is 19.5 Å². The second-order valence-electron chi connectivity index (χ2n) is 7.74. The first-order valence-electron chi connectivity index (χ1n) is 10.3. The van der Waals surface area contributed by atoms with Gasteiger partial charge in [-0.05, 0) is 41.8 Å². The van der Waals surface area contributed by atoms with Gasteiger partial charge in [-0.2, -0.15) is 0 Å². The van der Waals surface area contributed by atoms with E-state index in [-0.39, 0.29) is 23.1 Å². The molecule has 4 rings (SSSR count). The number of nitrogens with one attached hydrogen (secondary N) is 2. The van der Waals surface area contributed by atoms with Crippen molar-refractivity contribution in [2.45, 2.75) is 18.9 Å². The average Bonchev–Trinajstić information content (AvgIpc) is 3.59. The molecule has 1 saturated carbocycles. The second-order valence-corrected chi connectivity index (χ2v) is 8.18. The zero-order valence-electron chi connectivity index (χ0n) is 17.5. The molecule has 168 valence electrons. The maximum absolute atomic E-state index is 12.9. The van der Waals surface area contributed by atoms with Crippen molar-refractivity contribution in [3.05, 3.63) is 94.5 Å². The van der Waals surface area contributed by atoms with Gasteiger partial charge in [-0.25, -0.2) is 4.79 Å². The Bertz CT molecular complexity index is 1200. The molecule has 0 radical (unpaired) electrons. The van der Waals surface area contributed by atoms with Crippen LogP contribution in [0.3, 0.4) is 0 Å². The normalized spacial score (nSPS) is 16.5. The van der Waals surface area contributed by atoms with Crippen molar-refractivity contribution in [2.24, 2.45) is 5.92 Å². The smallest absolute Gasteiger partial charge is 0.411 e. The molecule has 0 spiro atoms. The van der Waals surface area contributed by atoms with Crippen molar-refractivity contribution in [3.63, 3.8) is 0 Å². The lowest BCUT2D eigenvalue weighted by Gasteiger charge is -2.12. The molecule has 1 fully saturated rings. The molecule has 7 nitrogen and oxygen atoms in total. The summed E-state index contributed by atoms with van der Waals surface area (Å²) in [6, 6.07) is 20.9. The van der Waals surface area contributed by atoms with Crippen LogP contribution in [0.1, 0.15) is 33.8 Å². The van der Waals surface area contributed by atoms with E-state index in [1.807, 2.05) is 42.5 Å². The topological polar surface area (TPSA) is 105 Å². The molecular weight excluding hydrogens is 444 g/mol. The molecule has 3 aromatic carbocycles. The Labute approximate surface area is 195 Å². The number of benzene rings is 3. The summed E-state index contributed by atoms with van der Waals surface area (Å²) in [5.74, 6) is -1.84. The number of amides is 2. The summed E-state index contributed by atoms with van der Waals surface area (Å²) in [5.41, 5.74) is 2.72. The second kappa shape index (κ2) is 9.75. The highest BCUT2D eigenvalue weighted by atomic mass is 35.5. The van der Waals surface area contributed by atoms with Gasteiger partial charge in [0.2, 0.25) is 0 Å². The van der Waals surface area contributed by atoms with E-state index < -0.39 is 23.9 Å². The Morgan fingerprint density at radius 3 is 2.42 bits per heavy atom. The molecule has 0 heterocycles. The molecule has 0 aliphatic heterocycles. The van der Waals surface area contributed by atoms with E-state index in [4.69, 9.17) is 16.3 Å². The van der Waals surface area contributed by atoms with Crippen LogP contribution in [-0.2, 0) is 16.1 Å². The number of carboxylic acid groups (broad SMARTS) is 1. The number of hydrogen-bond acceptors (Lipinski definition) is 4. The first-order chi connectivity index (χ1) is 15.9. The van der Waals surface area contributed by atoms with Gasteiger partial charge >= 0.3 is 12.1 Å². The fraction of sp³-hybridized carbons (Fsp3) is 0.160. The zero-order chi connectivity index (χ0) is 23.4. The van der Waals surface area contributed by atoms with Gasteiger partial charge in [-0.15, -0.1) is 0 Å². The molecule has 2 atom stereocenters. The van der Waals surface area contributed by atoms with Gasteiger partial charge in [0.15, 0.2) is 0 Å². The summed E-state index contributed by atoms with van der Waals surface area (Å²) in [7, 11) is 0. The summed E-state index contributed by atoms with van der Waals surface area (Å²) in [4.78, 5) is 36.3. The van der Waals surface area contributed by atoms with Crippen molar-refractivity contribution < 1.29 is 24.2 Å². The predicted molar refractivity (Wildman–Crippen MR) is 125 cm³/mol. The summed E-state index contributed by atoms with van der Waals surface area (Å²) >= 11 is 6.16. The zero-order valence-corrected chi connectivity index (χ0v) is 18.2. The van der Waals surface area contributed by atoms with Crippen molar-refractivity contribution >= 4 is 40.9 Å². The van der Waals surface area contributed by atoms with Crippen LogP contribution < -0.4 is 10.6 Å². The Balaban J connectivity index is 1.43. The summed E-state index contributed by atoms with van der Waals surface area (Å²) in [6.45, 7) is 0.107. The fourth-order valence-electron chi connectivity index (χ4n) is 3.61. The molecule has 0 unspecified atom stereocenters. The van der Waals surface area contributed by atoms with Crippen LogP contribution in [0.15, 0.2) is 72.8 Å². The number of para-hydroxylation sites is 1. The molecule has 2 amide bonds. The summed E-state index contributed by atoms with van der Waals surface area (Å²) in [6.07, 6.45) is -0.135. The van der Waals surface area contributed by atoms with E-state index in [0.29, 0.717) is 17.8 Å². The molecule has 33 heavy (non-hydrogen) atoms. The van der Waals surface area contributed by atoms with Gasteiger partial charge in [0.05, 0.1) is 5.92 Å². The molecule has 1 aliphatic rings. The maximum Gasteiger partial charge on any atom is 0.411 e.